The molecule has 1 aromatic heterocycles. The van der Waals surface area contributed by atoms with E-state index >= 15 is 0 Å². The van der Waals surface area contributed by atoms with Gasteiger partial charge in [0.05, 0.1) is 27.9 Å². The minimum atomic E-state index is -3.84. The Morgan fingerprint density at radius 1 is 1.03 bits per heavy atom. The van der Waals surface area contributed by atoms with Crippen molar-refractivity contribution in [2.75, 3.05) is 10.0 Å². The number of nitrogens with zero attached hydrogens (tertiary/aromatic N) is 2. The summed E-state index contributed by atoms with van der Waals surface area (Å²) in [6.45, 7) is 0. The summed E-state index contributed by atoms with van der Waals surface area (Å²) < 4.78 is 36.5. The Hall–Kier alpha value is -2.53. The zero-order chi connectivity index (χ0) is 21.3. The van der Waals surface area contributed by atoms with Crippen molar-refractivity contribution < 1.29 is 13.2 Å². The molecule has 0 fully saturated rings. The van der Waals surface area contributed by atoms with E-state index < -0.39 is 15.9 Å². The standard InChI is InChI=1S/C19H12BrClN4O3S2/c20-15-9-6-12(25-30(27,28)13-7-4-11(21)5-8-13)10-14(15)19(26)22-16-2-1-3-17-18(16)24-29-23-17/h1-10,25H,(H,22,26). The number of fused-ring (bicyclic) bond motifs is 1. The molecule has 2 N–H and O–H groups in total. The van der Waals surface area contributed by atoms with Crippen LogP contribution in [0.3, 0.4) is 0 Å². The summed E-state index contributed by atoms with van der Waals surface area (Å²) in [4.78, 5) is 12.9. The number of amides is 1. The van der Waals surface area contributed by atoms with Gasteiger partial charge in [0, 0.05) is 15.2 Å². The van der Waals surface area contributed by atoms with Crippen molar-refractivity contribution in [3.05, 3.63) is 75.7 Å². The van der Waals surface area contributed by atoms with Crippen LogP contribution in [0.15, 0.2) is 70.0 Å². The Balaban J connectivity index is 1.61. The van der Waals surface area contributed by atoms with Crippen molar-refractivity contribution in [1.29, 1.82) is 0 Å². The topological polar surface area (TPSA) is 101 Å². The second-order valence-corrected chi connectivity index (χ2v) is 9.65. The molecule has 0 aliphatic carbocycles. The molecule has 0 aliphatic heterocycles. The minimum absolute atomic E-state index is 0.0588. The molecule has 0 saturated heterocycles. The number of carbonyl (C=O) groups is 1. The first kappa shape index (κ1) is 20.7. The normalized spacial score (nSPS) is 11.4. The van der Waals surface area contributed by atoms with Gasteiger partial charge in [-0.05, 0) is 70.5 Å². The molecule has 4 aromatic rings. The van der Waals surface area contributed by atoms with Crippen LogP contribution in [0.4, 0.5) is 11.4 Å². The number of carbonyl (C=O) groups excluding carboxylic acids is 1. The van der Waals surface area contributed by atoms with Crippen molar-refractivity contribution in [3.8, 4) is 0 Å². The molecule has 0 saturated carbocycles. The molecular formula is C19H12BrClN4O3S2. The van der Waals surface area contributed by atoms with Crippen LogP contribution in [-0.4, -0.2) is 23.1 Å². The molecule has 0 spiro atoms. The Morgan fingerprint density at radius 3 is 2.57 bits per heavy atom. The van der Waals surface area contributed by atoms with E-state index in [9.17, 15) is 13.2 Å². The number of rotatable bonds is 5. The Morgan fingerprint density at radius 2 is 1.80 bits per heavy atom. The number of nitrogens with one attached hydrogen (secondary N) is 2. The highest BCUT2D eigenvalue weighted by molar-refractivity contribution is 9.10. The molecule has 1 amide bonds. The number of benzene rings is 3. The van der Waals surface area contributed by atoms with Crippen LogP contribution in [-0.2, 0) is 10.0 Å². The molecule has 11 heteroatoms. The van der Waals surface area contributed by atoms with Gasteiger partial charge in [-0.3, -0.25) is 9.52 Å². The number of sulfonamides is 1. The van der Waals surface area contributed by atoms with Crippen LogP contribution >= 0.6 is 39.3 Å². The van der Waals surface area contributed by atoms with Gasteiger partial charge in [0.1, 0.15) is 11.0 Å². The van der Waals surface area contributed by atoms with Crippen molar-refractivity contribution in [2.24, 2.45) is 0 Å². The molecule has 0 unspecified atom stereocenters. The first-order chi connectivity index (χ1) is 14.3. The van der Waals surface area contributed by atoms with Crippen molar-refractivity contribution in [1.82, 2.24) is 8.75 Å². The third kappa shape index (κ3) is 4.31. The fourth-order valence-electron chi connectivity index (χ4n) is 2.69. The summed E-state index contributed by atoms with van der Waals surface area (Å²) in [5.41, 5.74) is 2.29. The van der Waals surface area contributed by atoms with Crippen LogP contribution in [0.25, 0.3) is 11.0 Å². The van der Waals surface area contributed by atoms with Crippen LogP contribution in [0, 0.1) is 0 Å². The van der Waals surface area contributed by atoms with Gasteiger partial charge in [0.15, 0.2) is 0 Å². The molecule has 3 aromatic carbocycles. The second-order valence-electron chi connectivity index (χ2n) is 6.15. The Labute approximate surface area is 189 Å². The average Bonchev–Trinajstić information content (AvgIpc) is 3.19. The van der Waals surface area contributed by atoms with E-state index in [2.05, 4.69) is 34.7 Å². The van der Waals surface area contributed by atoms with Gasteiger partial charge in [0.25, 0.3) is 15.9 Å². The molecular weight excluding hydrogens is 512 g/mol. The SMILES string of the molecule is O=C(Nc1cccc2nsnc12)c1cc(NS(=O)(=O)c2ccc(Cl)cc2)ccc1Br. The summed E-state index contributed by atoms with van der Waals surface area (Å²) in [5.74, 6) is -0.421. The highest BCUT2D eigenvalue weighted by Gasteiger charge is 2.18. The van der Waals surface area contributed by atoms with Crippen molar-refractivity contribution in [2.45, 2.75) is 4.90 Å². The molecule has 152 valence electrons. The van der Waals surface area contributed by atoms with E-state index in [-0.39, 0.29) is 16.1 Å². The molecule has 7 nitrogen and oxygen atoms in total. The predicted octanol–water partition coefficient (Wildman–Crippen LogP) is 5.16. The molecule has 0 atom stereocenters. The third-order valence-electron chi connectivity index (χ3n) is 4.12. The zero-order valence-electron chi connectivity index (χ0n) is 15.0. The molecule has 0 aliphatic rings. The number of hydrogen-bond acceptors (Lipinski definition) is 6. The zero-order valence-corrected chi connectivity index (χ0v) is 18.9. The Kier molecular flexibility index (Phi) is 5.74. The highest BCUT2D eigenvalue weighted by Crippen LogP contribution is 2.26. The molecule has 30 heavy (non-hydrogen) atoms. The average molecular weight is 524 g/mol. The maximum atomic E-state index is 12.8. The number of aromatic nitrogens is 2. The van der Waals surface area contributed by atoms with Crippen LogP contribution < -0.4 is 10.0 Å². The Bertz CT molecular complexity index is 1360. The van der Waals surface area contributed by atoms with Gasteiger partial charge < -0.3 is 5.32 Å². The van der Waals surface area contributed by atoms with Gasteiger partial charge in [-0.2, -0.15) is 8.75 Å². The lowest BCUT2D eigenvalue weighted by atomic mass is 10.2. The van der Waals surface area contributed by atoms with Gasteiger partial charge in [-0.1, -0.05) is 17.7 Å². The first-order valence-corrected chi connectivity index (χ1v) is 11.8. The number of anilines is 2. The van der Waals surface area contributed by atoms with Gasteiger partial charge in [-0.25, -0.2) is 8.42 Å². The van der Waals surface area contributed by atoms with E-state index in [0.29, 0.717) is 26.2 Å². The van der Waals surface area contributed by atoms with E-state index in [4.69, 9.17) is 11.6 Å². The van der Waals surface area contributed by atoms with E-state index in [1.807, 2.05) is 0 Å². The maximum Gasteiger partial charge on any atom is 0.261 e. The summed E-state index contributed by atoms with van der Waals surface area (Å²) >= 11 is 10.2. The second kappa shape index (κ2) is 8.31. The largest absolute Gasteiger partial charge is 0.320 e. The maximum absolute atomic E-state index is 12.8. The summed E-state index contributed by atoms with van der Waals surface area (Å²) in [5, 5.41) is 3.23. The van der Waals surface area contributed by atoms with E-state index in [1.165, 1.54) is 30.3 Å². The lowest BCUT2D eigenvalue weighted by molar-refractivity contribution is 0.102. The number of halogens is 2. The minimum Gasteiger partial charge on any atom is -0.320 e. The van der Waals surface area contributed by atoms with Gasteiger partial charge >= 0.3 is 0 Å². The fraction of sp³-hybridized carbons (Fsp3) is 0. The fourth-order valence-corrected chi connectivity index (χ4v) is 4.84. The first-order valence-electron chi connectivity index (χ1n) is 8.44. The lowest BCUT2D eigenvalue weighted by Gasteiger charge is -2.12. The molecule has 1 heterocycles. The van der Waals surface area contributed by atoms with E-state index in [0.717, 1.165) is 11.7 Å². The van der Waals surface area contributed by atoms with Gasteiger partial charge in [0.2, 0.25) is 0 Å². The van der Waals surface area contributed by atoms with Crippen molar-refractivity contribution >= 4 is 77.6 Å². The quantitative estimate of drug-likeness (QED) is 0.376. The van der Waals surface area contributed by atoms with E-state index in [1.54, 1.807) is 30.3 Å². The molecule has 4 rings (SSSR count). The molecule has 0 radical (unpaired) electrons. The third-order valence-corrected chi connectivity index (χ3v) is 7.00. The van der Waals surface area contributed by atoms with Crippen LogP contribution in [0.5, 0.6) is 0 Å². The number of hydrogen-bond donors (Lipinski definition) is 2. The van der Waals surface area contributed by atoms with Crippen LogP contribution in [0.2, 0.25) is 5.02 Å². The highest BCUT2D eigenvalue weighted by atomic mass is 79.9. The summed E-state index contributed by atoms with van der Waals surface area (Å²) in [6, 6.07) is 15.7. The lowest BCUT2D eigenvalue weighted by Crippen LogP contribution is -2.16. The monoisotopic (exact) mass is 522 g/mol. The smallest absolute Gasteiger partial charge is 0.261 e. The summed E-state index contributed by atoms with van der Waals surface area (Å²) in [6.07, 6.45) is 0. The van der Waals surface area contributed by atoms with Gasteiger partial charge in [-0.15, -0.1) is 0 Å². The predicted molar refractivity (Wildman–Crippen MR) is 122 cm³/mol. The van der Waals surface area contributed by atoms with Crippen molar-refractivity contribution in [3.63, 3.8) is 0 Å². The summed E-state index contributed by atoms with van der Waals surface area (Å²) in [7, 11) is -3.84. The molecule has 0 bridgehead atoms. The van der Waals surface area contributed by atoms with Crippen LogP contribution in [0.1, 0.15) is 10.4 Å².